The molecule has 5 rings (SSSR count). The van der Waals surface area contributed by atoms with Gasteiger partial charge in [-0.25, -0.2) is 20.4 Å². The van der Waals surface area contributed by atoms with Crippen molar-refractivity contribution in [1.82, 2.24) is 24.9 Å². The third kappa shape index (κ3) is 3.29. The summed E-state index contributed by atoms with van der Waals surface area (Å²) in [7, 11) is 0. The molecule has 2 aliphatic rings. The lowest BCUT2D eigenvalue weighted by molar-refractivity contribution is -0.0299. The van der Waals surface area contributed by atoms with Gasteiger partial charge in [-0.2, -0.15) is 0 Å². The van der Waals surface area contributed by atoms with Crippen molar-refractivity contribution in [2.24, 2.45) is 0 Å². The van der Waals surface area contributed by atoms with Crippen molar-refractivity contribution in [1.29, 1.82) is 0 Å². The number of hydrogen-bond donors (Lipinski definition) is 4. The maximum atomic E-state index is 10.3. The highest BCUT2D eigenvalue weighted by Crippen LogP contribution is 2.32. The summed E-state index contributed by atoms with van der Waals surface area (Å²) in [6, 6.07) is 8.19. The normalized spacial score (nSPS) is 26.0. The number of hydrogen-bond acceptors (Lipinski definition) is 9. The first-order chi connectivity index (χ1) is 14.6. The van der Waals surface area contributed by atoms with Gasteiger partial charge in [0.05, 0.1) is 18.1 Å². The molecule has 156 valence electrons. The summed E-state index contributed by atoms with van der Waals surface area (Å²) in [5.41, 5.74) is 6.50. The van der Waals surface area contributed by atoms with E-state index in [0.29, 0.717) is 23.5 Å². The zero-order valence-corrected chi connectivity index (χ0v) is 16.4. The van der Waals surface area contributed by atoms with E-state index < -0.39 is 24.5 Å². The third-order valence-electron chi connectivity index (χ3n) is 5.39. The van der Waals surface area contributed by atoms with Crippen LogP contribution in [0.2, 0.25) is 0 Å². The van der Waals surface area contributed by atoms with E-state index in [1.165, 1.54) is 6.33 Å². The maximum Gasteiger partial charge on any atom is 0.167 e. The smallest absolute Gasteiger partial charge is 0.167 e. The molecule has 0 amide bonds. The maximum absolute atomic E-state index is 10.3. The van der Waals surface area contributed by atoms with Gasteiger partial charge >= 0.3 is 0 Å². The van der Waals surface area contributed by atoms with Crippen molar-refractivity contribution in [3.63, 3.8) is 0 Å². The lowest BCUT2D eigenvalue weighted by Gasteiger charge is -2.17. The van der Waals surface area contributed by atoms with Crippen LogP contribution in [-0.2, 0) is 11.3 Å². The molecule has 30 heavy (non-hydrogen) atoms. The largest absolute Gasteiger partial charge is 0.388 e. The molecule has 1 aromatic carbocycles. The van der Waals surface area contributed by atoms with Crippen LogP contribution in [0.15, 0.2) is 49.2 Å². The van der Waals surface area contributed by atoms with Gasteiger partial charge in [0.15, 0.2) is 23.2 Å². The minimum absolute atomic E-state index is 0.478. The van der Waals surface area contributed by atoms with Crippen molar-refractivity contribution in [2.45, 2.75) is 38.0 Å². The summed E-state index contributed by atoms with van der Waals surface area (Å²) in [6.07, 6.45) is 3.82. The molecule has 2 aliphatic heterocycles. The number of aromatic nitrogens is 4. The Labute approximate surface area is 172 Å². The molecule has 4 N–H and O–H groups in total. The minimum atomic E-state index is -1.06. The van der Waals surface area contributed by atoms with E-state index in [9.17, 15) is 10.2 Å². The van der Waals surface area contributed by atoms with E-state index >= 15 is 0 Å². The molecule has 4 heterocycles. The fraction of sp³-hybridized carbons (Fsp3) is 0.350. The molecule has 1 saturated heterocycles. The van der Waals surface area contributed by atoms with Gasteiger partial charge in [0.1, 0.15) is 18.5 Å². The predicted molar refractivity (Wildman–Crippen MR) is 110 cm³/mol. The van der Waals surface area contributed by atoms with Gasteiger partial charge in [-0.05, 0) is 24.6 Å². The zero-order chi connectivity index (χ0) is 20.7. The van der Waals surface area contributed by atoms with Crippen LogP contribution in [0.25, 0.3) is 11.2 Å². The molecule has 0 radical (unpaired) electrons. The summed E-state index contributed by atoms with van der Waals surface area (Å²) in [4.78, 5) is 13.0. The Balaban J connectivity index is 1.37. The van der Waals surface area contributed by atoms with Crippen LogP contribution in [0, 0.1) is 0 Å². The van der Waals surface area contributed by atoms with Crippen LogP contribution in [0.5, 0.6) is 0 Å². The van der Waals surface area contributed by atoms with Gasteiger partial charge in [0, 0.05) is 19.3 Å². The van der Waals surface area contributed by atoms with Crippen molar-refractivity contribution < 1.29 is 14.9 Å². The topological polar surface area (TPSA) is 121 Å². The molecular weight excluding hydrogens is 386 g/mol. The molecule has 0 spiro atoms. The lowest BCUT2D eigenvalue weighted by Crippen LogP contribution is -2.30. The third-order valence-corrected chi connectivity index (χ3v) is 5.39. The van der Waals surface area contributed by atoms with E-state index in [-0.39, 0.29) is 0 Å². The molecular formula is C20H23N7O3. The molecule has 10 nitrogen and oxygen atoms in total. The van der Waals surface area contributed by atoms with Crippen molar-refractivity contribution in [3.8, 4) is 0 Å². The minimum Gasteiger partial charge on any atom is -0.388 e. The van der Waals surface area contributed by atoms with E-state index in [4.69, 9.17) is 4.74 Å². The second kappa shape index (κ2) is 7.65. The van der Waals surface area contributed by atoms with Crippen LogP contribution in [0.4, 0.5) is 11.5 Å². The highest BCUT2D eigenvalue weighted by Gasteiger charge is 2.42. The second-order valence-corrected chi connectivity index (χ2v) is 7.40. The number of imidazole rings is 1. The molecule has 0 unspecified atom stereocenters. The molecule has 0 saturated carbocycles. The number of nitrogens with zero attached hydrogens (tertiary/aromatic N) is 5. The van der Waals surface area contributed by atoms with Crippen LogP contribution in [-0.4, -0.2) is 54.6 Å². The first kappa shape index (κ1) is 18.9. The number of anilines is 2. The molecule has 4 atom stereocenters. The Morgan fingerprint density at radius 1 is 1.23 bits per heavy atom. The van der Waals surface area contributed by atoms with E-state index in [1.54, 1.807) is 17.8 Å². The number of rotatable bonds is 5. The Morgan fingerprint density at radius 2 is 2.13 bits per heavy atom. The number of fused-ring (bicyclic) bond motifs is 1. The number of nitrogens with one attached hydrogen (secondary N) is 2. The van der Waals surface area contributed by atoms with Crippen LogP contribution < -0.4 is 15.8 Å². The fourth-order valence-electron chi connectivity index (χ4n) is 3.77. The van der Waals surface area contributed by atoms with Crippen LogP contribution in [0.3, 0.4) is 0 Å². The summed E-state index contributed by atoms with van der Waals surface area (Å²) < 4.78 is 7.33. The molecule has 3 aromatic rings. The molecule has 10 heteroatoms. The Kier molecular flexibility index (Phi) is 4.83. The Hall–Kier alpha value is -3.05. The first-order valence-corrected chi connectivity index (χ1v) is 9.83. The SMILES string of the molecule is C[C@H]1O[C@@H](n2cnc3c(NCc4cccc(N5C=CCN5)c4)ncnc32)[C@H](O)[C@@H]1O. The van der Waals surface area contributed by atoms with Crippen LogP contribution >= 0.6 is 0 Å². The Morgan fingerprint density at radius 3 is 2.90 bits per heavy atom. The van der Waals surface area contributed by atoms with Gasteiger partial charge in [-0.3, -0.25) is 9.58 Å². The first-order valence-electron chi connectivity index (χ1n) is 9.83. The summed E-state index contributed by atoms with van der Waals surface area (Å²) >= 11 is 0. The van der Waals surface area contributed by atoms with Crippen molar-refractivity contribution >= 4 is 22.7 Å². The molecule has 1 fully saturated rings. The van der Waals surface area contributed by atoms with E-state index in [0.717, 1.165) is 17.8 Å². The molecule has 0 bridgehead atoms. The molecule has 0 aliphatic carbocycles. The van der Waals surface area contributed by atoms with Gasteiger partial charge in [-0.1, -0.05) is 18.2 Å². The highest BCUT2D eigenvalue weighted by molar-refractivity contribution is 5.82. The number of aliphatic hydroxyl groups excluding tert-OH is 2. The zero-order valence-electron chi connectivity index (χ0n) is 16.4. The van der Waals surface area contributed by atoms with Crippen molar-refractivity contribution in [2.75, 3.05) is 16.9 Å². The fourth-order valence-corrected chi connectivity index (χ4v) is 3.77. The lowest BCUT2D eigenvalue weighted by atomic mass is 10.1. The second-order valence-electron chi connectivity index (χ2n) is 7.40. The van der Waals surface area contributed by atoms with Gasteiger partial charge < -0.3 is 20.3 Å². The van der Waals surface area contributed by atoms with Gasteiger partial charge in [0.2, 0.25) is 0 Å². The van der Waals surface area contributed by atoms with E-state index in [2.05, 4.69) is 37.8 Å². The molecule has 2 aromatic heterocycles. The summed E-state index contributed by atoms with van der Waals surface area (Å²) in [5.74, 6) is 0.587. The number of aliphatic hydroxyl groups is 2. The average molecular weight is 409 g/mol. The van der Waals surface area contributed by atoms with E-state index in [1.807, 2.05) is 29.4 Å². The highest BCUT2D eigenvalue weighted by atomic mass is 16.6. The quantitative estimate of drug-likeness (QED) is 0.487. The summed E-state index contributed by atoms with van der Waals surface area (Å²) in [5, 5.41) is 25.6. The summed E-state index contributed by atoms with van der Waals surface area (Å²) in [6.45, 7) is 3.10. The van der Waals surface area contributed by atoms with Gasteiger partial charge in [0.25, 0.3) is 0 Å². The van der Waals surface area contributed by atoms with Crippen LogP contribution in [0.1, 0.15) is 18.7 Å². The number of hydrazine groups is 1. The number of benzene rings is 1. The Bertz CT molecular complexity index is 1090. The predicted octanol–water partition coefficient (Wildman–Crippen LogP) is 0.916. The standard InChI is InChI=1S/C20H23N7O3/c1-12-16(28)17(29)20(30-12)26-11-24-15-18(22-10-23-19(15)26)21-9-13-4-2-5-14(8-13)27-7-3-6-25-27/h2-5,7-8,10-12,16-17,20,25,28-29H,6,9H2,1H3,(H,21,22,23)/t12-,16-,17-,20-/m1/s1. The van der Waals surface area contributed by atoms with Gasteiger partial charge in [-0.15, -0.1) is 0 Å². The monoisotopic (exact) mass is 409 g/mol. The number of ether oxygens (including phenoxy) is 1. The average Bonchev–Trinajstić information content (AvgIpc) is 3.50. The van der Waals surface area contributed by atoms with Crippen molar-refractivity contribution in [3.05, 3.63) is 54.8 Å².